The van der Waals surface area contributed by atoms with Gasteiger partial charge in [-0.05, 0) is 63.5 Å². The minimum Gasteiger partial charge on any atom is -0.462 e. The van der Waals surface area contributed by atoms with Gasteiger partial charge in [0.2, 0.25) is 5.91 Å². The third-order valence-corrected chi connectivity index (χ3v) is 5.32. The van der Waals surface area contributed by atoms with Crippen LogP contribution in [0.2, 0.25) is 0 Å². The quantitative estimate of drug-likeness (QED) is 0.743. The summed E-state index contributed by atoms with van der Waals surface area (Å²) in [5, 5.41) is 2.97. The van der Waals surface area contributed by atoms with E-state index in [1.165, 1.54) is 6.07 Å². The Bertz CT molecular complexity index is 876. The number of hydrogen-bond acceptors (Lipinski definition) is 4. The van der Waals surface area contributed by atoms with Gasteiger partial charge in [-0.25, -0.2) is 9.18 Å². The monoisotopic (exact) mass is 398 g/mol. The van der Waals surface area contributed by atoms with E-state index >= 15 is 0 Å². The Morgan fingerprint density at radius 3 is 2.59 bits per heavy atom. The first kappa shape index (κ1) is 21.0. The molecule has 1 fully saturated rings. The van der Waals surface area contributed by atoms with Crippen LogP contribution in [0.3, 0.4) is 0 Å². The third-order valence-electron chi connectivity index (χ3n) is 5.32. The number of esters is 1. The molecule has 0 radical (unpaired) electrons. The molecule has 2 aromatic carbocycles. The minimum atomic E-state index is -0.399. The Balaban J connectivity index is 1.57. The first-order chi connectivity index (χ1) is 14.0. The first-order valence-electron chi connectivity index (χ1n) is 10.0. The van der Waals surface area contributed by atoms with Gasteiger partial charge in [-0.2, -0.15) is 0 Å². The van der Waals surface area contributed by atoms with Crippen molar-refractivity contribution in [3.05, 3.63) is 65.0 Å². The summed E-state index contributed by atoms with van der Waals surface area (Å²) in [7, 11) is 0. The number of piperidine rings is 1. The predicted molar refractivity (Wildman–Crippen MR) is 110 cm³/mol. The average Bonchev–Trinajstić information content (AvgIpc) is 2.72. The van der Waals surface area contributed by atoms with E-state index in [0.29, 0.717) is 30.0 Å². The molecule has 0 saturated carbocycles. The van der Waals surface area contributed by atoms with Crippen LogP contribution in [-0.4, -0.2) is 36.5 Å². The average molecular weight is 398 g/mol. The van der Waals surface area contributed by atoms with E-state index in [4.69, 9.17) is 4.74 Å². The molecular weight excluding hydrogens is 371 g/mol. The maximum absolute atomic E-state index is 13.8. The van der Waals surface area contributed by atoms with Crippen molar-refractivity contribution in [1.29, 1.82) is 0 Å². The van der Waals surface area contributed by atoms with Gasteiger partial charge >= 0.3 is 5.97 Å². The number of likely N-dealkylation sites (tertiary alicyclic amines) is 1. The maximum atomic E-state index is 13.8. The van der Waals surface area contributed by atoms with Crippen LogP contribution in [0, 0.1) is 18.7 Å². The van der Waals surface area contributed by atoms with E-state index in [-0.39, 0.29) is 17.6 Å². The second-order valence-electron chi connectivity index (χ2n) is 7.38. The molecule has 2 aromatic rings. The van der Waals surface area contributed by atoms with Crippen molar-refractivity contribution >= 4 is 17.6 Å². The Morgan fingerprint density at radius 1 is 1.17 bits per heavy atom. The Labute approximate surface area is 170 Å². The van der Waals surface area contributed by atoms with E-state index in [2.05, 4.69) is 10.2 Å². The summed E-state index contributed by atoms with van der Waals surface area (Å²) in [4.78, 5) is 26.9. The van der Waals surface area contributed by atoms with Gasteiger partial charge in [0.15, 0.2) is 0 Å². The Morgan fingerprint density at radius 2 is 1.90 bits per heavy atom. The molecule has 154 valence electrons. The van der Waals surface area contributed by atoms with E-state index in [1.807, 2.05) is 13.0 Å². The van der Waals surface area contributed by atoms with Crippen molar-refractivity contribution in [2.24, 2.45) is 5.92 Å². The van der Waals surface area contributed by atoms with Crippen molar-refractivity contribution in [2.75, 3.05) is 25.0 Å². The first-order valence-corrected chi connectivity index (χ1v) is 10.0. The molecule has 1 heterocycles. The number of aryl methyl sites for hydroxylation is 1. The number of halogens is 1. The van der Waals surface area contributed by atoms with E-state index in [0.717, 1.165) is 31.5 Å². The zero-order valence-electron chi connectivity index (χ0n) is 16.9. The molecular formula is C23H27FN2O3. The number of carbonyl (C=O) groups excluding carboxylic acids is 2. The smallest absolute Gasteiger partial charge is 0.338 e. The van der Waals surface area contributed by atoms with E-state index in [9.17, 15) is 14.0 Å². The Kier molecular flexibility index (Phi) is 6.99. The van der Waals surface area contributed by atoms with Crippen molar-refractivity contribution in [2.45, 2.75) is 33.2 Å². The van der Waals surface area contributed by atoms with Crippen molar-refractivity contribution in [3.8, 4) is 0 Å². The molecule has 1 aliphatic rings. The largest absolute Gasteiger partial charge is 0.462 e. The summed E-state index contributed by atoms with van der Waals surface area (Å²) < 4.78 is 18.9. The Hall–Kier alpha value is -2.73. The van der Waals surface area contributed by atoms with Gasteiger partial charge in [-0.1, -0.05) is 24.3 Å². The summed E-state index contributed by atoms with van der Waals surface area (Å²) in [6, 6.07) is 12.0. The number of benzene rings is 2. The zero-order valence-corrected chi connectivity index (χ0v) is 16.9. The number of carbonyl (C=O) groups is 2. The molecule has 6 heteroatoms. The second kappa shape index (κ2) is 9.65. The predicted octanol–water partition coefficient (Wildman–Crippen LogP) is 4.16. The van der Waals surface area contributed by atoms with Crippen LogP contribution in [0.1, 0.15) is 41.3 Å². The third kappa shape index (κ3) is 5.41. The topological polar surface area (TPSA) is 58.6 Å². The molecule has 0 aliphatic carbocycles. The number of amides is 1. The van der Waals surface area contributed by atoms with Gasteiger partial charge in [0.1, 0.15) is 5.82 Å². The zero-order chi connectivity index (χ0) is 20.8. The maximum Gasteiger partial charge on any atom is 0.338 e. The van der Waals surface area contributed by atoms with Crippen LogP contribution in [0.15, 0.2) is 42.5 Å². The number of hydrogen-bond donors (Lipinski definition) is 1. The number of ether oxygens (including phenoxy) is 1. The lowest BCUT2D eigenvalue weighted by Gasteiger charge is -2.31. The summed E-state index contributed by atoms with van der Waals surface area (Å²) in [5.74, 6) is -0.731. The molecule has 0 aromatic heterocycles. The highest BCUT2D eigenvalue weighted by molar-refractivity contribution is 5.96. The van der Waals surface area contributed by atoms with Crippen LogP contribution in [0.5, 0.6) is 0 Å². The van der Waals surface area contributed by atoms with E-state index < -0.39 is 5.97 Å². The van der Waals surface area contributed by atoms with Crippen molar-refractivity contribution < 1.29 is 18.7 Å². The van der Waals surface area contributed by atoms with Gasteiger partial charge in [0, 0.05) is 23.7 Å². The van der Waals surface area contributed by atoms with Gasteiger partial charge in [0.25, 0.3) is 0 Å². The molecule has 0 unspecified atom stereocenters. The molecule has 1 aliphatic heterocycles. The molecule has 29 heavy (non-hydrogen) atoms. The van der Waals surface area contributed by atoms with Crippen molar-refractivity contribution in [1.82, 2.24) is 4.90 Å². The van der Waals surface area contributed by atoms with Crippen molar-refractivity contribution in [3.63, 3.8) is 0 Å². The highest BCUT2D eigenvalue weighted by Gasteiger charge is 2.26. The minimum absolute atomic E-state index is 0.0420. The highest BCUT2D eigenvalue weighted by atomic mass is 19.1. The van der Waals surface area contributed by atoms with Crippen LogP contribution in [0.25, 0.3) is 0 Å². The summed E-state index contributed by atoms with van der Waals surface area (Å²) in [6.45, 7) is 6.00. The summed E-state index contributed by atoms with van der Waals surface area (Å²) in [5.41, 5.74) is 2.63. The van der Waals surface area contributed by atoms with Gasteiger partial charge in [-0.15, -0.1) is 0 Å². The second-order valence-corrected chi connectivity index (χ2v) is 7.38. The molecule has 0 spiro atoms. The molecule has 3 rings (SSSR count). The van der Waals surface area contributed by atoms with Gasteiger partial charge < -0.3 is 10.1 Å². The van der Waals surface area contributed by atoms with Crippen LogP contribution in [-0.2, 0) is 16.1 Å². The molecule has 0 atom stereocenters. The highest BCUT2D eigenvalue weighted by Crippen LogP contribution is 2.23. The fourth-order valence-electron chi connectivity index (χ4n) is 3.55. The molecule has 0 bridgehead atoms. The van der Waals surface area contributed by atoms with Gasteiger partial charge in [-0.3, -0.25) is 9.69 Å². The SMILES string of the molecule is CCOC(=O)c1ccc(C)c(NC(=O)C2CCN(Cc3ccccc3F)CC2)c1. The molecule has 1 saturated heterocycles. The fourth-order valence-corrected chi connectivity index (χ4v) is 3.55. The summed E-state index contributed by atoms with van der Waals surface area (Å²) in [6.07, 6.45) is 1.44. The lowest BCUT2D eigenvalue weighted by molar-refractivity contribution is -0.121. The fraction of sp³-hybridized carbons (Fsp3) is 0.391. The normalized spacial score (nSPS) is 15.1. The van der Waals surface area contributed by atoms with Crippen LogP contribution in [0.4, 0.5) is 10.1 Å². The molecule has 1 amide bonds. The number of nitrogens with zero attached hydrogens (tertiary/aromatic N) is 1. The van der Waals surface area contributed by atoms with E-state index in [1.54, 1.807) is 37.3 Å². The van der Waals surface area contributed by atoms with Crippen LogP contribution >= 0.6 is 0 Å². The number of rotatable bonds is 6. The molecule has 1 N–H and O–H groups in total. The van der Waals surface area contributed by atoms with Gasteiger partial charge in [0.05, 0.1) is 12.2 Å². The standard InChI is InChI=1S/C23H27FN2O3/c1-3-29-23(28)18-9-8-16(2)21(14-18)25-22(27)17-10-12-26(13-11-17)15-19-6-4-5-7-20(19)24/h4-9,14,17H,3,10-13,15H2,1-2H3,(H,25,27). The van der Waals surface area contributed by atoms with Crippen LogP contribution < -0.4 is 5.32 Å². The number of nitrogens with one attached hydrogen (secondary N) is 1. The number of anilines is 1. The summed E-state index contributed by atoms with van der Waals surface area (Å²) >= 11 is 0. The lowest BCUT2D eigenvalue weighted by Crippen LogP contribution is -2.38. The lowest BCUT2D eigenvalue weighted by atomic mass is 9.95. The molecule has 5 nitrogen and oxygen atoms in total.